The quantitative estimate of drug-likeness (QED) is 0.457. The maximum Gasteiger partial charge on any atom is 0.282 e. The molecule has 0 unspecified atom stereocenters. The van der Waals surface area contributed by atoms with Gasteiger partial charge in [-0.15, -0.1) is 10.2 Å². The molecule has 1 aliphatic carbocycles. The smallest absolute Gasteiger partial charge is 0.282 e. The SMILES string of the molecule is O=C(c1ccccc1[N+](=O)[O-])N(Cc1nnc(-c2ccc(Cl)cc2)o1)C1CC1. The normalized spacial score (nSPS) is 13.3. The van der Waals surface area contributed by atoms with E-state index in [0.29, 0.717) is 16.5 Å². The third-order valence-electron chi connectivity index (χ3n) is 4.44. The topological polar surface area (TPSA) is 102 Å². The lowest BCUT2D eigenvalue weighted by Crippen LogP contribution is -2.33. The van der Waals surface area contributed by atoms with Gasteiger partial charge >= 0.3 is 0 Å². The Labute approximate surface area is 164 Å². The van der Waals surface area contributed by atoms with Crippen LogP contribution in [0.5, 0.6) is 0 Å². The van der Waals surface area contributed by atoms with Gasteiger partial charge < -0.3 is 9.32 Å². The van der Waals surface area contributed by atoms with Gasteiger partial charge in [0.25, 0.3) is 11.6 Å². The number of aromatic nitrogens is 2. The Hall–Kier alpha value is -3.26. The van der Waals surface area contributed by atoms with E-state index >= 15 is 0 Å². The fourth-order valence-corrected chi connectivity index (χ4v) is 3.02. The summed E-state index contributed by atoms with van der Waals surface area (Å²) in [7, 11) is 0. The third-order valence-corrected chi connectivity index (χ3v) is 4.70. The second-order valence-electron chi connectivity index (χ2n) is 6.45. The lowest BCUT2D eigenvalue weighted by atomic mass is 10.1. The predicted octanol–water partition coefficient (Wildman–Crippen LogP) is 4.10. The van der Waals surface area contributed by atoms with E-state index in [9.17, 15) is 14.9 Å². The fraction of sp³-hybridized carbons (Fsp3) is 0.211. The fourth-order valence-electron chi connectivity index (χ4n) is 2.89. The largest absolute Gasteiger partial charge is 0.419 e. The molecule has 142 valence electrons. The van der Waals surface area contributed by atoms with Gasteiger partial charge in [0, 0.05) is 22.7 Å². The number of rotatable bonds is 6. The van der Waals surface area contributed by atoms with E-state index in [4.69, 9.17) is 16.0 Å². The first-order valence-electron chi connectivity index (χ1n) is 8.65. The van der Waals surface area contributed by atoms with Crippen molar-refractivity contribution in [1.82, 2.24) is 15.1 Å². The minimum atomic E-state index is -0.552. The molecule has 1 fully saturated rings. The Morgan fingerprint density at radius 3 is 2.57 bits per heavy atom. The molecule has 1 heterocycles. The van der Waals surface area contributed by atoms with E-state index in [1.165, 1.54) is 18.2 Å². The number of amides is 1. The van der Waals surface area contributed by atoms with Gasteiger partial charge in [-0.3, -0.25) is 14.9 Å². The highest BCUT2D eigenvalue weighted by Gasteiger charge is 2.36. The van der Waals surface area contributed by atoms with Crippen LogP contribution >= 0.6 is 11.6 Å². The van der Waals surface area contributed by atoms with Crippen LogP contribution in [0.25, 0.3) is 11.5 Å². The first-order valence-corrected chi connectivity index (χ1v) is 9.03. The van der Waals surface area contributed by atoms with Gasteiger partial charge in [-0.05, 0) is 43.2 Å². The van der Waals surface area contributed by atoms with Crippen LogP contribution in [0.4, 0.5) is 5.69 Å². The van der Waals surface area contributed by atoms with Gasteiger partial charge in [0.05, 0.1) is 11.5 Å². The van der Waals surface area contributed by atoms with Crippen LogP contribution in [0.15, 0.2) is 52.9 Å². The molecule has 0 radical (unpaired) electrons. The molecule has 8 nitrogen and oxygen atoms in total. The number of halogens is 1. The van der Waals surface area contributed by atoms with Crippen molar-refractivity contribution in [3.8, 4) is 11.5 Å². The number of nitro benzene ring substituents is 1. The minimum absolute atomic E-state index is 0.0122. The molecule has 1 saturated carbocycles. The van der Waals surface area contributed by atoms with Crippen LogP contribution in [0.3, 0.4) is 0 Å². The molecule has 1 aliphatic rings. The zero-order chi connectivity index (χ0) is 19.7. The second kappa shape index (κ2) is 7.40. The summed E-state index contributed by atoms with van der Waals surface area (Å²) in [6, 6.07) is 12.9. The van der Waals surface area contributed by atoms with Crippen molar-refractivity contribution >= 4 is 23.2 Å². The van der Waals surface area contributed by atoms with Gasteiger partial charge in [-0.2, -0.15) is 0 Å². The summed E-state index contributed by atoms with van der Waals surface area (Å²) in [6.07, 6.45) is 1.68. The molecule has 28 heavy (non-hydrogen) atoms. The van der Waals surface area contributed by atoms with Crippen LogP contribution in [0.1, 0.15) is 29.1 Å². The molecule has 1 amide bonds. The minimum Gasteiger partial charge on any atom is -0.419 e. The lowest BCUT2D eigenvalue weighted by Gasteiger charge is -2.20. The van der Waals surface area contributed by atoms with Crippen molar-refractivity contribution in [1.29, 1.82) is 0 Å². The standard InChI is InChI=1S/C19H15ClN4O4/c20-13-7-5-12(6-8-13)18-22-21-17(28-18)11-23(14-9-10-14)19(25)15-3-1-2-4-16(15)24(26)27/h1-8,14H,9-11H2. The number of hydrogen-bond donors (Lipinski definition) is 0. The highest BCUT2D eigenvalue weighted by atomic mass is 35.5. The van der Waals surface area contributed by atoms with Crippen molar-refractivity contribution in [2.45, 2.75) is 25.4 Å². The summed E-state index contributed by atoms with van der Waals surface area (Å²) in [5.74, 6) is 0.172. The highest BCUT2D eigenvalue weighted by Crippen LogP contribution is 2.32. The van der Waals surface area contributed by atoms with E-state index in [0.717, 1.165) is 12.8 Å². The summed E-state index contributed by atoms with van der Waals surface area (Å²) in [4.78, 5) is 25.3. The van der Waals surface area contributed by atoms with E-state index in [1.54, 1.807) is 35.2 Å². The summed E-state index contributed by atoms with van der Waals surface area (Å²) < 4.78 is 5.69. The van der Waals surface area contributed by atoms with Gasteiger partial charge in [0.15, 0.2) is 0 Å². The molecule has 1 aromatic heterocycles. The number of carbonyl (C=O) groups excluding carboxylic acids is 1. The molecule has 9 heteroatoms. The van der Waals surface area contributed by atoms with E-state index in [-0.39, 0.29) is 29.7 Å². The van der Waals surface area contributed by atoms with Crippen LogP contribution < -0.4 is 0 Å². The van der Waals surface area contributed by atoms with Crippen LogP contribution in [0, 0.1) is 10.1 Å². The van der Waals surface area contributed by atoms with E-state index < -0.39 is 10.8 Å². The second-order valence-corrected chi connectivity index (χ2v) is 6.88. The predicted molar refractivity (Wildman–Crippen MR) is 101 cm³/mol. The molecule has 0 spiro atoms. The van der Waals surface area contributed by atoms with Crippen LogP contribution in [-0.4, -0.2) is 32.0 Å². The molecule has 2 aromatic carbocycles. The number of para-hydroxylation sites is 1. The summed E-state index contributed by atoms with van der Waals surface area (Å²) in [6.45, 7) is 0.0934. The molecular formula is C19H15ClN4O4. The number of nitrogens with zero attached hydrogens (tertiary/aromatic N) is 4. The Bertz CT molecular complexity index is 1030. The zero-order valence-electron chi connectivity index (χ0n) is 14.6. The molecule has 0 saturated heterocycles. The summed E-state index contributed by atoms with van der Waals surface area (Å²) >= 11 is 5.88. The average molecular weight is 399 g/mol. The molecular weight excluding hydrogens is 384 g/mol. The lowest BCUT2D eigenvalue weighted by molar-refractivity contribution is -0.385. The van der Waals surface area contributed by atoms with Gasteiger partial charge in [0.1, 0.15) is 5.56 Å². The summed E-state index contributed by atoms with van der Waals surface area (Å²) in [5, 5.41) is 19.9. The molecule has 0 atom stereocenters. The Morgan fingerprint density at radius 1 is 1.18 bits per heavy atom. The van der Waals surface area contributed by atoms with Crippen LogP contribution in [0.2, 0.25) is 5.02 Å². The van der Waals surface area contributed by atoms with Gasteiger partial charge in [-0.1, -0.05) is 23.7 Å². The average Bonchev–Trinajstić information content (AvgIpc) is 3.44. The molecule has 3 aromatic rings. The van der Waals surface area contributed by atoms with Gasteiger partial charge in [0.2, 0.25) is 11.8 Å². The van der Waals surface area contributed by atoms with E-state index in [2.05, 4.69) is 10.2 Å². The first kappa shape index (κ1) is 18.1. The monoisotopic (exact) mass is 398 g/mol. The molecule has 0 N–H and O–H groups in total. The first-order chi connectivity index (χ1) is 13.5. The number of nitro groups is 1. The van der Waals surface area contributed by atoms with E-state index in [1.807, 2.05) is 0 Å². The van der Waals surface area contributed by atoms with Crippen molar-refractivity contribution in [2.24, 2.45) is 0 Å². The molecule has 0 bridgehead atoms. The third kappa shape index (κ3) is 3.72. The van der Waals surface area contributed by atoms with Crippen molar-refractivity contribution < 1.29 is 14.1 Å². The Morgan fingerprint density at radius 2 is 1.89 bits per heavy atom. The highest BCUT2D eigenvalue weighted by molar-refractivity contribution is 6.30. The Balaban J connectivity index is 1.58. The number of carbonyl (C=O) groups is 1. The number of benzene rings is 2. The van der Waals surface area contributed by atoms with Crippen molar-refractivity contribution in [3.05, 3.63) is 75.1 Å². The zero-order valence-corrected chi connectivity index (χ0v) is 15.4. The van der Waals surface area contributed by atoms with Crippen molar-refractivity contribution in [3.63, 3.8) is 0 Å². The Kier molecular flexibility index (Phi) is 4.79. The maximum atomic E-state index is 13.0. The van der Waals surface area contributed by atoms with Gasteiger partial charge in [-0.25, -0.2) is 0 Å². The molecule has 4 rings (SSSR count). The van der Waals surface area contributed by atoms with Crippen molar-refractivity contribution in [2.75, 3.05) is 0 Å². The maximum absolute atomic E-state index is 13.0. The summed E-state index contributed by atoms with van der Waals surface area (Å²) in [5.41, 5.74) is 0.550. The van der Waals surface area contributed by atoms with Crippen LogP contribution in [-0.2, 0) is 6.54 Å². The number of hydrogen-bond acceptors (Lipinski definition) is 6. The molecule has 0 aliphatic heterocycles.